The van der Waals surface area contributed by atoms with Gasteiger partial charge in [0.05, 0.1) is 29.7 Å². The Hall–Kier alpha value is -3.04. The molecule has 2 aliphatic rings. The van der Waals surface area contributed by atoms with Gasteiger partial charge in [0, 0.05) is 25.3 Å². The standard InChI is InChI=1S/C32H39N3O4S/c1-24-12-14-29(15-13-24)40(37,38)35-23-32(39-22-28(35)20-27-10-5-4-6-11-27)16-18-34(19-17-32)21-30(36)33-31-25(2)8-7-9-26(31)3/h4-15,28H,16-23H2,1-3H3,(H,33,36)/t28-/m1/s1. The highest BCUT2D eigenvalue weighted by molar-refractivity contribution is 7.89. The minimum Gasteiger partial charge on any atom is -0.372 e. The zero-order valence-electron chi connectivity index (χ0n) is 23.6. The van der Waals surface area contributed by atoms with Gasteiger partial charge in [0.25, 0.3) is 0 Å². The van der Waals surface area contributed by atoms with Crippen LogP contribution in [-0.4, -0.2) is 68.0 Å². The third kappa shape index (κ3) is 6.31. The van der Waals surface area contributed by atoms with E-state index in [0.717, 1.165) is 27.9 Å². The van der Waals surface area contributed by atoms with Crippen LogP contribution in [0.25, 0.3) is 0 Å². The smallest absolute Gasteiger partial charge is 0.243 e. The Balaban J connectivity index is 1.29. The summed E-state index contributed by atoms with van der Waals surface area (Å²) >= 11 is 0. The number of anilines is 1. The molecule has 2 aliphatic heterocycles. The zero-order valence-corrected chi connectivity index (χ0v) is 24.4. The SMILES string of the molecule is Cc1ccc(S(=O)(=O)N2CC3(CCN(CC(=O)Nc4c(C)cccc4C)CC3)OC[C@H]2Cc2ccccc2)cc1. The molecule has 1 spiro atoms. The summed E-state index contributed by atoms with van der Waals surface area (Å²) in [5.74, 6) is -0.0376. The van der Waals surface area contributed by atoms with Crippen LogP contribution in [0.3, 0.4) is 0 Å². The minimum absolute atomic E-state index is 0.0376. The summed E-state index contributed by atoms with van der Waals surface area (Å²) in [5, 5.41) is 3.08. The lowest BCUT2D eigenvalue weighted by Gasteiger charge is -2.49. The maximum atomic E-state index is 14.0. The molecule has 2 saturated heterocycles. The van der Waals surface area contributed by atoms with Gasteiger partial charge in [0.1, 0.15) is 0 Å². The van der Waals surface area contributed by atoms with Gasteiger partial charge in [0.15, 0.2) is 0 Å². The molecule has 0 radical (unpaired) electrons. The molecule has 40 heavy (non-hydrogen) atoms. The number of likely N-dealkylation sites (tertiary alicyclic amines) is 1. The van der Waals surface area contributed by atoms with Crippen molar-refractivity contribution >= 4 is 21.6 Å². The normalized spacial score (nSPS) is 19.9. The van der Waals surface area contributed by atoms with Crippen molar-refractivity contribution in [1.29, 1.82) is 0 Å². The number of morpholine rings is 1. The van der Waals surface area contributed by atoms with Crippen molar-refractivity contribution in [2.75, 3.05) is 38.1 Å². The number of nitrogens with one attached hydrogen (secondary N) is 1. The quantitative estimate of drug-likeness (QED) is 0.452. The molecule has 2 fully saturated rings. The van der Waals surface area contributed by atoms with E-state index in [1.165, 1.54) is 0 Å². The van der Waals surface area contributed by atoms with Gasteiger partial charge >= 0.3 is 0 Å². The third-order valence-corrected chi connectivity index (χ3v) is 10.2. The molecule has 0 bridgehead atoms. The third-order valence-electron chi connectivity index (χ3n) is 8.25. The first-order valence-electron chi connectivity index (χ1n) is 14.0. The first kappa shape index (κ1) is 28.5. The second-order valence-corrected chi connectivity index (χ2v) is 13.2. The molecule has 0 aromatic heterocycles. The van der Waals surface area contributed by atoms with Crippen molar-refractivity contribution in [1.82, 2.24) is 9.21 Å². The molecule has 1 N–H and O–H groups in total. The van der Waals surface area contributed by atoms with E-state index in [9.17, 15) is 13.2 Å². The molecular weight excluding hydrogens is 522 g/mol. The molecule has 1 atom stereocenters. The molecule has 3 aromatic rings. The van der Waals surface area contributed by atoms with Crippen molar-refractivity contribution in [2.45, 2.75) is 56.6 Å². The molecule has 0 aliphatic carbocycles. The summed E-state index contributed by atoms with van der Waals surface area (Å²) in [6.45, 7) is 8.23. The van der Waals surface area contributed by atoms with E-state index >= 15 is 0 Å². The van der Waals surface area contributed by atoms with Gasteiger partial charge in [-0.25, -0.2) is 8.42 Å². The van der Waals surface area contributed by atoms with E-state index in [0.29, 0.717) is 56.9 Å². The van der Waals surface area contributed by atoms with Crippen molar-refractivity contribution in [2.24, 2.45) is 0 Å². The first-order valence-corrected chi connectivity index (χ1v) is 15.4. The van der Waals surface area contributed by atoms with Gasteiger partial charge in [-0.3, -0.25) is 9.69 Å². The Labute approximate surface area is 238 Å². The zero-order chi connectivity index (χ0) is 28.3. The lowest BCUT2D eigenvalue weighted by atomic mass is 9.88. The highest BCUT2D eigenvalue weighted by atomic mass is 32.2. The van der Waals surface area contributed by atoms with Gasteiger partial charge in [-0.2, -0.15) is 4.31 Å². The Morgan fingerprint density at radius 2 is 1.57 bits per heavy atom. The summed E-state index contributed by atoms with van der Waals surface area (Å²) in [5.41, 5.74) is 4.50. The maximum Gasteiger partial charge on any atom is 0.243 e. The topological polar surface area (TPSA) is 79.0 Å². The summed E-state index contributed by atoms with van der Waals surface area (Å²) in [6, 6.07) is 22.8. The lowest BCUT2D eigenvalue weighted by Crippen LogP contribution is -2.62. The largest absolute Gasteiger partial charge is 0.372 e. The number of para-hydroxylation sites is 1. The lowest BCUT2D eigenvalue weighted by molar-refractivity contribution is -0.139. The first-order chi connectivity index (χ1) is 19.1. The van der Waals surface area contributed by atoms with Crippen LogP contribution in [0.1, 0.15) is 35.1 Å². The van der Waals surface area contributed by atoms with Gasteiger partial charge in [-0.05, 0) is 68.9 Å². The number of benzene rings is 3. The van der Waals surface area contributed by atoms with Gasteiger partial charge < -0.3 is 10.1 Å². The van der Waals surface area contributed by atoms with Crippen LogP contribution in [0.2, 0.25) is 0 Å². The van der Waals surface area contributed by atoms with E-state index in [-0.39, 0.29) is 11.9 Å². The minimum atomic E-state index is -3.72. The summed E-state index contributed by atoms with van der Waals surface area (Å²) < 4.78 is 36.1. The predicted octanol–water partition coefficient (Wildman–Crippen LogP) is 4.72. The van der Waals surface area contributed by atoms with E-state index < -0.39 is 15.6 Å². The Morgan fingerprint density at radius 1 is 0.925 bits per heavy atom. The monoisotopic (exact) mass is 561 g/mol. The summed E-state index contributed by atoms with van der Waals surface area (Å²) in [7, 11) is -3.72. The van der Waals surface area contributed by atoms with Crippen molar-refractivity contribution in [3.05, 3.63) is 95.1 Å². The molecule has 0 unspecified atom stereocenters. The molecule has 3 aromatic carbocycles. The number of piperidine rings is 1. The second kappa shape index (κ2) is 11.8. The van der Waals surface area contributed by atoms with Crippen LogP contribution < -0.4 is 5.32 Å². The van der Waals surface area contributed by atoms with Crippen molar-refractivity contribution in [3.8, 4) is 0 Å². The Kier molecular flexibility index (Phi) is 8.42. The maximum absolute atomic E-state index is 14.0. The fourth-order valence-corrected chi connectivity index (χ4v) is 7.49. The van der Waals surface area contributed by atoms with Crippen LogP contribution >= 0.6 is 0 Å². The Bertz CT molecular complexity index is 1410. The fourth-order valence-electron chi connectivity index (χ4n) is 5.80. The predicted molar refractivity (Wildman–Crippen MR) is 158 cm³/mol. The van der Waals surface area contributed by atoms with E-state index in [1.807, 2.05) is 81.4 Å². The molecule has 1 amide bonds. The number of aryl methyl sites for hydroxylation is 3. The number of sulfonamides is 1. The molecular formula is C32H39N3O4S. The van der Waals surface area contributed by atoms with Crippen molar-refractivity contribution < 1.29 is 17.9 Å². The average Bonchev–Trinajstić information content (AvgIpc) is 2.94. The van der Waals surface area contributed by atoms with Crippen LogP contribution in [0.4, 0.5) is 5.69 Å². The molecule has 8 heteroatoms. The van der Waals surface area contributed by atoms with Gasteiger partial charge in [-0.15, -0.1) is 0 Å². The molecule has 0 saturated carbocycles. The number of rotatable bonds is 7. The van der Waals surface area contributed by atoms with Crippen molar-refractivity contribution in [3.63, 3.8) is 0 Å². The number of ether oxygens (including phenoxy) is 1. The molecule has 2 heterocycles. The molecule has 212 valence electrons. The van der Waals surface area contributed by atoms with Gasteiger partial charge in [0.2, 0.25) is 15.9 Å². The number of amides is 1. The number of carbonyl (C=O) groups excluding carboxylic acids is 1. The number of hydrogen-bond acceptors (Lipinski definition) is 5. The van der Waals surface area contributed by atoms with Crippen LogP contribution in [0.15, 0.2) is 77.7 Å². The highest BCUT2D eigenvalue weighted by Crippen LogP contribution is 2.36. The average molecular weight is 562 g/mol. The number of nitrogens with zero attached hydrogens (tertiary/aromatic N) is 2. The number of carbonyl (C=O) groups is 1. The number of hydrogen-bond donors (Lipinski definition) is 1. The molecule has 7 nitrogen and oxygen atoms in total. The fraction of sp³-hybridized carbons (Fsp3) is 0.406. The summed E-state index contributed by atoms with van der Waals surface area (Å²) in [4.78, 5) is 15.3. The van der Waals surface area contributed by atoms with E-state index in [2.05, 4.69) is 10.2 Å². The van der Waals surface area contributed by atoms with E-state index in [1.54, 1.807) is 16.4 Å². The summed E-state index contributed by atoms with van der Waals surface area (Å²) in [6.07, 6.45) is 1.93. The Morgan fingerprint density at radius 3 is 2.23 bits per heavy atom. The van der Waals surface area contributed by atoms with Gasteiger partial charge in [-0.1, -0.05) is 66.2 Å². The van der Waals surface area contributed by atoms with E-state index in [4.69, 9.17) is 4.74 Å². The molecule has 5 rings (SSSR count). The van der Waals surface area contributed by atoms with Crippen LogP contribution in [0, 0.1) is 20.8 Å². The van der Waals surface area contributed by atoms with Crippen LogP contribution in [0.5, 0.6) is 0 Å². The van der Waals surface area contributed by atoms with Crippen LogP contribution in [-0.2, 0) is 26.0 Å². The second-order valence-electron chi connectivity index (χ2n) is 11.3. The highest BCUT2D eigenvalue weighted by Gasteiger charge is 2.47.